The van der Waals surface area contributed by atoms with Gasteiger partial charge in [-0.2, -0.15) is 0 Å². The molecule has 0 atom stereocenters. The minimum absolute atomic E-state index is 0.145. The average Bonchev–Trinajstić information content (AvgIpc) is 3.26. The molecule has 0 bridgehead atoms. The van der Waals surface area contributed by atoms with Gasteiger partial charge in [-0.1, -0.05) is 60.7 Å². The van der Waals surface area contributed by atoms with E-state index >= 15 is 0 Å². The van der Waals surface area contributed by atoms with Gasteiger partial charge in [-0.3, -0.25) is 4.40 Å². The van der Waals surface area contributed by atoms with Gasteiger partial charge in [0.05, 0.1) is 16.9 Å². The van der Waals surface area contributed by atoms with Gasteiger partial charge in [-0.05, 0) is 42.5 Å². The van der Waals surface area contributed by atoms with Crippen LogP contribution in [0, 0.1) is 5.82 Å². The summed E-state index contributed by atoms with van der Waals surface area (Å²) in [6.07, 6.45) is 0. The molecule has 0 aliphatic rings. The highest BCUT2D eigenvalue weighted by Crippen LogP contribution is 2.38. The van der Waals surface area contributed by atoms with E-state index in [1.54, 1.807) is 30.3 Å². The first-order valence-corrected chi connectivity index (χ1v) is 10.6. The van der Waals surface area contributed by atoms with E-state index in [0.717, 1.165) is 33.5 Å². The van der Waals surface area contributed by atoms with Crippen molar-refractivity contribution in [1.82, 2.24) is 14.4 Å². The van der Waals surface area contributed by atoms with Crippen molar-refractivity contribution in [3.63, 3.8) is 0 Å². The Bertz CT molecular complexity index is 1610. The Labute approximate surface area is 189 Å². The first-order chi connectivity index (χ1) is 16.2. The summed E-state index contributed by atoms with van der Waals surface area (Å²) >= 11 is 0. The number of phenolic OH excluding ortho intramolecular Hbond substituents is 1. The molecule has 1 N–H and O–H groups in total. The molecule has 0 aliphatic heterocycles. The summed E-state index contributed by atoms with van der Waals surface area (Å²) < 4.78 is 15.7. The van der Waals surface area contributed by atoms with Crippen LogP contribution in [0.25, 0.3) is 50.5 Å². The van der Waals surface area contributed by atoms with Gasteiger partial charge in [0.1, 0.15) is 23.0 Å². The van der Waals surface area contributed by atoms with Crippen molar-refractivity contribution in [1.29, 1.82) is 0 Å². The van der Waals surface area contributed by atoms with E-state index in [9.17, 15) is 9.50 Å². The molecule has 5 heteroatoms. The largest absolute Gasteiger partial charge is 0.508 e. The Balaban J connectivity index is 1.82. The normalized spacial score (nSPS) is 11.3. The number of rotatable bonds is 3. The van der Waals surface area contributed by atoms with E-state index in [4.69, 9.17) is 9.97 Å². The van der Waals surface area contributed by atoms with Crippen LogP contribution in [-0.4, -0.2) is 19.5 Å². The number of halogens is 1. The van der Waals surface area contributed by atoms with Gasteiger partial charge < -0.3 is 5.11 Å². The number of hydrogen-bond donors (Lipinski definition) is 1. The molecule has 0 spiro atoms. The maximum atomic E-state index is 13.7. The van der Waals surface area contributed by atoms with E-state index in [2.05, 4.69) is 0 Å². The Hall–Kier alpha value is -4.51. The number of aromatic nitrogens is 3. The van der Waals surface area contributed by atoms with Crippen LogP contribution in [0.3, 0.4) is 0 Å². The first-order valence-electron chi connectivity index (χ1n) is 10.6. The van der Waals surface area contributed by atoms with E-state index < -0.39 is 0 Å². The highest BCUT2D eigenvalue weighted by atomic mass is 19.1. The Morgan fingerprint density at radius 1 is 0.667 bits per heavy atom. The third kappa shape index (κ3) is 3.22. The summed E-state index contributed by atoms with van der Waals surface area (Å²) in [4.78, 5) is 10.00. The van der Waals surface area contributed by atoms with Crippen LogP contribution in [0.2, 0.25) is 0 Å². The zero-order valence-electron chi connectivity index (χ0n) is 17.5. The summed E-state index contributed by atoms with van der Waals surface area (Å²) in [7, 11) is 0. The van der Waals surface area contributed by atoms with Crippen LogP contribution in [0.5, 0.6) is 5.75 Å². The molecule has 6 rings (SSSR count). The van der Waals surface area contributed by atoms with Crippen molar-refractivity contribution in [2.75, 3.05) is 0 Å². The third-order valence-corrected chi connectivity index (χ3v) is 5.73. The van der Waals surface area contributed by atoms with E-state index in [1.807, 2.05) is 65.1 Å². The quantitative estimate of drug-likeness (QED) is 0.338. The topological polar surface area (TPSA) is 50.4 Å². The van der Waals surface area contributed by atoms with Crippen molar-refractivity contribution < 1.29 is 9.50 Å². The smallest absolute Gasteiger partial charge is 0.149 e. The number of aromatic hydroxyl groups is 1. The lowest BCUT2D eigenvalue weighted by Gasteiger charge is -2.12. The van der Waals surface area contributed by atoms with Gasteiger partial charge in [-0.25, -0.2) is 14.4 Å². The average molecular weight is 431 g/mol. The van der Waals surface area contributed by atoms with E-state index in [0.29, 0.717) is 17.0 Å². The lowest BCUT2D eigenvalue weighted by atomic mass is 10.0. The zero-order valence-corrected chi connectivity index (χ0v) is 17.5. The Kier molecular flexibility index (Phi) is 4.40. The second-order valence-corrected chi connectivity index (χ2v) is 7.84. The molecular weight excluding hydrogens is 413 g/mol. The number of phenols is 1. The summed E-state index contributed by atoms with van der Waals surface area (Å²) in [5.74, 6) is 0.488. The molecule has 33 heavy (non-hydrogen) atoms. The highest BCUT2D eigenvalue weighted by molar-refractivity contribution is 5.98. The van der Waals surface area contributed by atoms with Crippen LogP contribution in [0.4, 0.5) is 4.39 Å². The number of nitrogens with zero attached hydrogens (tertiary/aromatic N) is 3. The highest BCUT2D eigenvalue weighted by Gasteiger charge is 2.22. The number of benzene rings is 4. The first kappa shape index (κ1) is 19.2. The molecule has 4 nitrogen and oxygen atoms in total. The molecule has 0 fully saturated rings. The van der Waals surface area contributed by atoms with Gasteiger partial charge in [-0.15, -0.1) is 0 Å². The molecule has 0 saturated carbocycles. The SMILES string of the molecule is Oc1ccc2nc(-c3ccc(F)cc3)n3c(-c4ccccc4)c(-c4ccccc4)nc3c2c1. The molecule has 158 valence electrons. The van der Waals surface area contributed by atoms with Crippen molar-refractivity contribution in [3.05, 3.63) is 109 Å². The van der Waals surface area contributed by atoms with E-state index in [-0.39, 0.29) is 11.6 Å². The molecular formula is C28H18FN3O. The van der Waals surface area contributed by atoms with Crippen LogP contribution in [0.1, 0.15) is 0 Å². The summed E-state index contributed by atoms with van der Waals surface area (Å²) in [6.45, 7) is 0. The number of imidazole rings is 1. The Morgan fingerprint density at radius 3 is 2.03 bits per heavy atom. The van der Waals surface area contributed by atoms with Crippen molar-refractivity contribution in [3.8, 4) is 39.7 Å². The van der Waals surface area contributed by atoms with Crippen molar-refractivity contribution in [2.45, 2.75) is 0 Å². The number of fused-ring (bicyclic) bond motifs is 3. The molecule has 2 aromatic heterocycles. The number of hydrogen-bond acceptors (Lipinski definition) is 3. The molecule has 2 heterocycles. The molecule has 0 radical (unpaired) electrons. The summed E-state index contributed by atoms with van der Waals surface area (Å²) in [5, 5.41) is 10.9. The van der Waals surface area contributed by atoms with Crippen LogP contribution in [-0.2, 0) is 0 Å². The van der Waals surface area contributed by atoms with Gasteiger partial charge in [0.15, 0.2) is 0 Å². The minimum Gasteiger partial charge on any atom is -0.508 e. The molecule has 0 saturated heterocycles. The van der Waals surface area contributed by atoms with Crippen LogP contribution < -0.4 is 0 Å². The lowest BCUT2D eigenvalue weighted by molar-refractivity contribution is 0.476. The standard InChI is InChI=1S/C28H18FN3O/c29-21-13-11-20(12-14-21)27-30-24-16-15-22(33)17-23(24)28-31-25(18-7-3-1-4-8-18)26(32(27)28)19-9-5-2-6-10-19/h1-17,33H. The minimum atomic E-state index is -0.306. The lowest BCUT2D eigenvalue weighted by Crippen LogP contribution is -2.00. The molecule has 0 aliphatic carbocycles. The fraction of sp³-hybridized carbons (Fsp3) is 0. The maximum absolute atomic E-state index is 13.7. The maximum Gasteiger partial charge on any atom is 0.149 e. The molecule has 4 aromatic carbocycles. The third-order valence-electron chi connectivity index (χ3n) is 5.73. The monoisotopic (exact) mass is 431 g/mol. The van der Waals surface area contributed by atoms with Crippen LogP contribution in [0.15, 0.2) is 103 Å². The van der Waals surface area contributed by atoms with Crippen molar-refractivity contribution in [2.24, 2.45) is 0 Å². The van der Waals surface area contributed by atoms with Crippen molar-refractivity contribution >= 4 is 16.6 Å². The second-order valence-electron chi connectivity index (χ2n) is 7.84. The fourth-order valence-corrected chi connectivity index (χ4v) is 4.22. The predicted octanol–water partition coefficient (Wildman–Crippen LogP) is 6.73. The predicted molar refractivity (Wildman–Crippen MR) is 128 cm³/mol. The molecule has 0 amide bonds. The van der Waals surface area contributed by atoms with Crippen LogP contribution >= 0.6 is 0 Å². The van der Waals surface area contributed by atoms with Gasteiger partial charge in [0, 0.05) is 22.1 Å². The Morgan fingerprint density at radius 2 is 1.33 bits per heavy atom. The fourth-order valence-electron chi connectivity index (χ4n) is 4.22. The summed E-state index contributed by atoms with van der Waals surface area (Å²) in [5.41, 5.74) is 5.78. The second kappa shape index (κ2) is 7.57. The van der Waals surface area contributed by atoms with Gasteiger partial charge in [0.25, 0.3) is 0 Å². The van der Waals surface area contributed by atoms with Gasteiger partial charge in [0.2, 0.25) is 0 Å². The molecule has 6 aromatic rings. The van der Waals surface area contributed by atoms with E-state index in [1.165, 1.54) is 12.1 Å². The van der Waals surface area contributed by atoms with Gasteiger partial charge >= 0.3 is 0 Å². The zero-order chi connectivity index (χ0) is 22.4. The molecule has 0 unspecified atom stereocenters. The summed E-state index contributed by atoms with van der Waals surface area (Å²) in [6, 6.07) is 31.4.